The third kappa shape index (κ3) is 13.4. The molecule has 17 atom stereocenters. The quantitative estimate of drug-likeness (QED) is 0.167. The van der Waals surface area contributed by atoms with Crippen LogP contribution in [-0.4, -0.2) is 174 Å². The van der Waals surface area contributed by atoms with E-state index < -0.39 is 109 Å². The van der Waals surface area contributed by atoms with Gasteiger partial charge in [-0.3, -0.25) is 14.3 Å². The Hall–Kier alpha value is -2.72. The third-order valence-corrected chi connectivity index (χ3v) is 12.4. The van der Waals surface area contributed by atoms with Crippen LogP contribution in [-0.2, 0) is 55.8 Å². The van der Waals surface area contributed by atoms with E-state index in [4.69, 9.17) is 33.2 Å². The summed E-state index contributed by atoms with van der Waals surface area (Å²) in [6.45, 7) is 11.7. The summed E-state index contributed by atoms with van der Waals surface area (Å²) in [5.74, 6) is -2.95. The molecule has 4 rings (SSSR count). The summed E-state index contributed by atoms with van der Waals surface area (Å²) in [5.41, 5.74) is 1.48. The molecule has 1 aromatic heterocycles. The smallest absolute Gasteiger partial charge is 0.308 e. The number of nitrogens with one attached hydrogen (secondary N) is 1. The number of nitrogens with zero attached hydrogens (tertiary/aromatic N) is 4. The molecule has 3 aliphatic heterocycles. The van der Waals surface area contributed by atoms with Crippen molar-refractivity contribution in [3.05, 3.63) is 35.7 Å². The summed E-state index contributed by atoms with van der Waals surface area (Å²) in [6.07, 6.45) is -3.20. The first-order chi connectivity index (χ1) is 28.9. The van der Waals surface area contributed by atoms with Crippen molar-refractivity contribution in [1.29, 1.82) is 0 Å². The average Bonchev–Trinajstić information content (AvgIpc) is 3.67. The maximum Gasteiger partial charge on any atom is 0.308 e. The summed E-state index contributed by atoms with van der Waals surface area (Å²) in [6, 6.07) is -0.722. The second kappa shape index (κ2) is 23.8. The van der Waals surface area contributed by atoms with E-state index in [2.05, 4.69) is 15.6 Å². The van der Waals surface area contributed by atoms with Gasteiger partial charge in [-0.1, -0.05) is 43.7 Å². The van der Waals surface area contributed by atoms with E-state index in [-0.39, 0.29) is 18.8 Å². The first-order valence-electron chi connectivity index (χ1n) is 21.6. The fourth-order valence-corrected chi connectivity index (χ4v) is 8.70. The molecule has 0 bridgehead atoms. The number of hydrogen-bond donors (Lipinski definition) is 5. The topological polar surface area (TPSA) is 226 Å². The Balaban J connectivity index is 1.69. The fraction of sp³-hybridized carbons (Fsp3) is 0.814. The summed E-state index contributed by atoms with van der Waals surface area (Å²) in [5, 5.41) is 56.7. The van der Waals surface area contributed by atoms with Crippen LogP contribution in [0.5, 0.6) is 0 Å². The number of ketones is 1. The number of likely N-dealkylation sites (N-methyl/N-ethyl adjacent to an activating group) is 1. The lowest BCUT2D eigenvalue weighted by atomic mass is 9.79. The zero-order valence-electron chi connectivity index (χ0n) is 37.8. The number of rotatable bonds is 14. The van der Waals surface area contributed by atoms with Gasteiger partial charge in [0.2, 0.25) is 0 Å². The molecule has 0 saturated carbocycles. The number of ether oxygens (including phenoxy) is 7. The number of carbonyl (C=O) groups is 2. The molecule has 18 heteroatoms. The van der Waals surface area contributed by atoms with Gasteiger partial charge >= 0.3 is 5.97 Å². The Morgan fingerprint density at radius 2 is 1.61 bits per heavy atom. The van der Waals surface area contributed by atoms with Crippen LogP contribution in [0.4, 0.5) is 0 Å². The molecule has 2 fully saturated rings. The van der Waals surface area contributed by atoms with Crippen molar-refractivity contribution in [3.8, 4) is 0 Å². The molecule has 5 N–H and O–H groups in total. The minimum absolute atomic E-state index is 0.0225. The Kier molecular flexibility index (Phi) is 19.9. The molecule has 61 heavy (non-hydrogen) atoms. The summed E-state index contributed by atoms with van der Waals surface area (Å²) >= 11 is 0. The molecule has 0 aromatic carbocycles. The number of hydrogen-bond acceptors (Lipinski definition) is 17. The molecular formula is C43H73N5O13. The molecule has 0 spiro atoms. The highest BCUT2D eigenvalue weighted by molar-refractivity contribution is 5.91. The van der Waals surface area contributed by atoms with Crippen molar-refractivity contribution < 1.29 is 63.2 Å². The maximum absolute atomic E-state index is 13.9. The van der Waals surface area contributed by atoms with Gasteiger partial charge in [-0.2, -0.15) is 0 Å². The molecule has 2 saturated heterocycles. The normalized spacial score (nSPS) is 40.1. The summed E-state index contributed by atoms with van der Waals surface area (Å²) in [7, 11) is 8.28. The number of aliphatic hydroxyl groups is 4. The fourth-order valence-electron chi connectivity index (χ4n) is 8.70. The predicted molar refractivity (Wildman–Crippen MR) is 223 cm³/mol. The van der Waals surface area contributed by atoms with Gasteiger partial charge in [-0.15, -0.1) is 5.10 Å². The van der Waals surface area contributed by atoms with Gasteiger partial charge in [-0.25, -0.2) is 0 Å². The highest BCUT2D eigenvalue weighted by Crippen LogP contribution is 2.35. The van der Waals surface area contributed by atoms with Crippen LogP contribution in [0.15, 0.2) is 30.0 Å². The Morgan fingerprint density at radius 1 is 0.934 bits per heavy atom. The van der Waals surface area contributed by atoms with Crippen LogP contribution in [0, 0.1) is 23.7 Å². The van der Waals surface area contributed by atoms with Crippen molar-refractivity contribution >= 4 is 11.8 Å². The van der Waals surface area contributed by atoms with Gasteiger partial charge < -0.3 is 63.8 Å². The lowest BCUT2D eigenvalue weighted by Gasteiger charge is -2.46. The van der Waals surface area contributed by atoms with Crippen molar-refractivity contribution in [1.82, 2.24) is 25.2 Å². The van der Waals surface area contributed by atoms with Gasteiger partial charge in [0.15, 0.2) is 18.4 Å². The van der Waals surface area contributed by atoms with E-state index in [1.807, 2.05) is 40.1 Å². The van der Waals surface area contributed by atoms with E-state index in [1.165, 1.54) is 20.3 Å². The molecule has 3 aliphatic rings. The molecule has 1 aromatic rings. The maximum atomic E-state index is 13.9. The van der Waals surface area contributed by atoms with Gasteiger partial charge in [-0.05, 0) is 73.2 Å². The number of aliphatic hydroxyl groups excluding tert-OH is 4. The lowest BCUT2D eigenvalue weighted by Crippen LogP contribution is -2.63. The molecule has 348 valence electrons. The molecule has 18 nitrogen and oxygen atoms in total. The number of allylic oxidation sites excluding steroid dienone is 3. The molecular weight excluding hydrogens is 794 g/mol. The van der Waals surface area contributed by atoms with Crippen LogP contribution >= 0.6 is 0 Å². The Morgan fingerprint density at radius 3 is 2.25 bits per heavy atom. The van der Waals surface area contributed by atoms with E-state index in [9.17, 15) is 30.0 Å². The molecule has 0 aliphatic carbocycles. The van der Waals surface area contributed by atoms with Gasteiger partial charge in [0.05, 0.1) is 55.3 Å². The predicted octanol–water partition coefficient (Wildman–Crippen LogP) is 1.37. The van der Waals surface area contributed by atoms with Crippen molar-refractivity contribution in [2.24, 2.45) is 23.7 Å². The minimum Gasteiger partial charge on any atom is -0.462 e. The van der Waals surface area contributed by atoms with Gasteiger partial charge in [0.25, 0.3) is 0 Å². The summed E-state index contributed by atoms with van der Waals surface area (Å²) in [4.78, 5) is 29.5. The van der Waals surface area contributed by atoms with Crippen LogP contribution < -0.4 is 5.32 Å². The Labute approximate surface area is 360 Å². The number of methoxy groups -OCH3 is 2. The van der Waals surface area contributed by atoms with Gasteiger partial charge in [0, 0.05) is 51.3 Å². The molecule has 4 heterocycles. The monoisotopic (exact) mass is 868 g/mol. The standard InChI is InChI=1S/C43H73N5O13/c1-12-33-29(22-57-43-41(56-11)40(55-10)37(53)27(6)59-43)17-23(2)13-14-31(49)24(3)18-28(15-16-48-21-30(20-44-7)45-46-48)39(25(4)32(50)19-34(51)60-33)61-42-38(54)35(47(8)9)36(52)26(5)58-42/h13-14,17,21,24-29,32-33,35-44,50,52-54H,12,15-16,18-20,22H2,1-11H3/b14-13+,23-17+/t24-,25+,26-,27?,28+,29-,32-,33-,35?,36-,37-,38?,39-,40+,41?,42+,43-/m1/s1. The van der Waals surface area contributed by atoms with Crippen LogP contribution in [0.25, 0.3) is 0 Å². The summed E-state index contributed by atoms with van der Waals surface area (Å²) < 4.78 is 44.1. The largest absolute Gasteiger partial charge is 0.462 e. The second-order valence-corrected chi connectivity index (χ2v) is 17.2. The van der Waals surface area contributed by atoms with Crippen LogP contribution in [0.3, 0.4) is 0 Å². The van der Waals surface area contributed by atoms with E-state index in [0.29, 0.717) is 32.4 Å². The lowest BCUT2D eigenvalue weighted by molar-refractivity contribution is -0.304. The molecule has 0 radical (unpaired) electrons. The zero-order chi connectivity index (χ0) is 45.1. The van der Waals surface area contributed by atoms with Crippen molar-refractivity contribution in [3.63, 3.8) is 0 Å². The van der Waals surface area contributed by atoms with Crippen LogP contribution in [0.1, 0.15) is 72.9 Å². The minimum atomic E-state index is -1.28. The number of aromatic nitrogens is 3. The molecule has 4 unspecified atom stereocenters. The third-order valence-electron chi connectivity index (χ3n) is 12.4. The number of carbonyl (C=O) groups excluding carboxylic acids is 2. The van der Waals surface area contributed by atoms with Gasteiger partial charge in [0.1, 0.15) is 30.5 Å². The van der Waals surface area contributed by atoms with Crippen molar-refractivity contribution in [2.45, 2.75) is 160 Å². The van der Waals surface area contributed by atoms with Crippen molar-refractivity contribution in [2.75, 3.05) is 42.0 Å². The number of cyclic esters (lactones) is 1. The molecule has 0 amide bonds. The highest BCUT2D eigenvalue weighted by Gasteiger charge is 2.48. The first-order valence-corrected chi connectivity index (χ1v) is 21.6. The number of esters is 1. The van der Waals surface area contributed by atoms with E-state index in [1.54, 1.807) is 50.5 Å². The first kappa shape index (κ1) is 50.9. The van der Waals surface area contributed by atoms with Crippen LogP contribution in [0.2, 0.25) is 0 Å². The second-order valence-electron chi connectivity index (χ2n) is 17.2. The number of aryl methyl sites for hydroxylation is 1. The SMILES string of the molecule is CC[C@H]1OC(=O)C[C@@H](O)[C@H](C)[C@@H](O[C@@H]2O[C@H](C)[C@@H](O)C(N(C)C)C2O)[C@@H](CCn2cc(CNC)nn2)C[C@@H](C)C(=O)/C=C/C(C)=C/[C@@H]1CO[C@@H]1OC(C)[C@@H](O)[C@H](OC)C1OC. The average molecular weight is 868 g/mol. The zero-order valence-corrected chi connectivity index (χ0v) is 37.8. The van der Waals surface area contributed by atoms with E-state index >= 15 is 0 Å². The Bertz CT molecular complexity index is 1580. The van der Waals surface area contributed by atoms with E-state index in [0.717, 1.165) is 11.3 Å². The highest BCUT2D eigenvalue weighted by atomic mass is 16.7.